The molecule has 0 saturated heterocycles. The molecular weight excluding hydrogens is 176 g/mol. The molecule has 1 amide bonds. The molecule has 3 atom stereocenters. The van der Waals surface area contributed by atoms with Crippen molar-refractivity contribution in [3.8, 4) is 0 Å². The van der Waals surface area contributed by atoms with Crippen molar-refractivity contribution in [2.75, 3.05) is 13.6 Å². The third-order valence-corrected chi connectivity index (χ3v) is 3.68. The fourth-order valence-corrected chi connectivity index (χ4v) is 2.24. The second-order valence-electron chi connectivity index (χ2n) is 4.91. The standard InChI is InChI=1S/C11H20N2O/c1-7-5-9(7)11(14)13(2)10(6-12)8-3-4-8/h7-10H,3-6,12H2,1-2H3. The lowest BCUT2D eigenvalue weighted by atomic mass is 10.1. The third-order valence-electron chi connectivity index (χ3n) is 3.68. The van der Waals surface area contributed by atoms with Gasteiger partial charge in [0.15, 0.2) is 0 Å². The topological polar surface area (TPSA) is 46.3 Å². The highest BCUT2D eigenvalue weighted by atomic mass is 16.2. The van der Waals surface area contributed by atoms with Gasteiger partial charge in [-0.2, -0.15) is 0 Å². The Labute approximate surface area is 85.6 Å². The van der Waals surface area contributed by atoms with Crippen LogP contribution in [-0.2, 0) is 4.79 Å². The van der Waals surface area contributed by atoms with Crippen molar-refractivity contribution in [3.05, 3.63) is 0 Å². The molecule has 80 valence electrons. The van der Waals surface area contributed by atoms with E-state index in [2.05, 4.69) is 6.92 Å². The van der Waals surface area contributed by atoms with E-state index in [4.69, 9.17) is 5.73 Å². The number of hydrogen-bond acceptors (Lipinski definition) is 2. The molecule has 2 N–H and O–H groups in total. The Morgan fingerprint density at radius 2 is 2.14 bits per heavy atom. The van der Waals surface area contributed by atoms with Gasteiger partial charge in [0, 0.05) is 25.6 Å². The van der Waals surface area contributed by atoms with Gasteiger partial charge in [-0.25, -0.2) is 0 Å². The number of nitrogens with zero attached hydrogens (tertiary/aromatic N) is 1. The zero-order chi connectivity index (χ0) is 10.3. The first-order valence-electron chi connectivity index (χ1n) is 5.62. The zero-order valence-corrected chi connectivity index (χ0v) is 9.07. The van der Waals surface area contributed by atoms with Crippen molar-refractivity contribution in [1.82, 2.24) is 4.90 Å². The summed E-state index contributed by atoms with van der Waals surface area (Å²) < 4.78 is 0. The highest BCUT2D eigenvalue weighted by Crippen LogP contribution is 2.41. The Morgan fingerprint density at radius 3 is 2.50 bits per heavy atom. The Kier molecular flexibility index (Phi) is 2.52. The molecule has 0 aromatic rings. The van der Waals surface area contributed by atoms with Crippen LogP contribution in [0.3, 0.4) is 0 Å². The van der Waals surface area contributed by atoms with Gasteiger partial charge in [-0.3, -0.25) is 4.79 Å². The summed E-state index contributed by atoms with van der Waals surface area (Å²) in [7, 11) is 1.92. The predicted molar refractivity (Wildman–Crippen MR) is 55.6 cm³/mol. The van der Waals surface area contributed by atoms with Crippen LogP contribution in [0.5, 0.6) is 0 Å². The summed E-state index contributed by atoms with van der Waals surface area (Å²) in [6.45, 7) is 2.76. The van der Waals surface area contributed by atoms with Crippen molar-refractivity contribution in [3.63, 3.8) is 0 Å². The summed E-state index contributed by atoms with van der Waals surface area (Å²) in [4.78, 5) is 13.8. The van der Waals surface area contributed by atoms with Crippen LogP contribution >= 0.6 is 0 Å². The minimum absolute atomic E-state index is 0.299. The molecule has 0 spiro atoms. The lowest BCUT2D eigenvalue weighted by molar-refractivity contribution is -0.133. The molecule has 0 aromatic carbocycles. The summed E-state index contributed by atoms with van der Waals surface area (Å²) in [6, 6.07) is 0.301. The lowest BCUT2D eigenvalue weighted by Crippen LogP contribution is -2.44. The number of amides is 1. The van der Waals surface area contributed by atoms with Crippen LogP contribution in [0.1, 0.15) is 26.2 Å². The molecule has 0 bridgehead atoms. The number of hydrogen-bond donors (Lipinski definition) is 1. The smallest absolute Gasteiger partial charge is 0.226 e. The van der Waals surface area contributed by atoms with Crippen LogP contribution in [0.15, 0.2) is 0 Å². The van der Waals surface area contributed by atoms with Gasteiger partial charge in [-0.05, 0) is 31.1 Å². The van der Waals surface area contributed by atoms with Gasteiger partial charge < -0.3 is 10.6 Å². The van der Waals surface area contributed by atoms with Crippen molar-refractivity contribution < 1.29 is 4.79 Å². The Hall–Kier alpha value is -0.570. The first kappa shape index (κ1) is 9.97. The third kappa shape index (κ3) is 1.78. The number of carbonyl (C=O) groups is 1. The molecule has 3 heteroatoms. The predicted octanol–water partition coefficient (Wildman–Crippen LogP) is 0.838. The van der Waals surface area contributed by atoms with Crippen LogP contribution in [-0.4, -0.2) is 30.4 Å². The van der Waals surface area contributed by atoms with E-state index in [1.807, 2.05) is 11.9 Å². The fraction of sp³-hybridized carbons (Fsp3) is 0.909. The van der Waals surface area contributed by atoms with Crippen LogP contribution in [0, 0.1) is 17.8 Å². The highest BCUT2D eigenvalue weighted by molar-refractivity contribution is 5.81. The number of likely N-dealkylation sites (N-methyl/N-ethyl adjacent to an activating group) is 1. The van der Waals surface area contributed by atoms with E-state index >= 15 is 0 Å². The zero-order valence-electron chi connectivity index (χ0n) is 9.07. The van der Waals surface area contributed by atoms with Crippen molar-refractivity contribution in [2.45, 2.75) is 32.2 Å². The molecule has 0 aromatic heterocycles. The molecule has 0 heterocycles. The molecule has 3 unspecified atom stereocenters. The average Bonchev–Trinajstić information content (AvgIpc) is 3.01. The van der Waals surface area contributed by atoms with Gasteiger partial charge in [0.1, 0.15) is 0 Å². The second kappa shape index (κ2) is 3.54. The Bertz CT molecular complexity index is 237. The molecule has 2 aliphatic rings. The molecule has 2 rings (SSSR count). The average molecular weight is 196 g/mol. The number of rotatable bonds is 4. The van der Waals surface area contributed by atoms with Crippen LogP contribution in [0.4, 0.5) is 0 Å². The van der Waals surface area contributed by atoms with E-state index in [9.17, 15) is 4.79 Å². The minimum atomic E-state index is 0.299. The Morgan fingerprint density at radius 1 is 1.57 bits per heavy atom. The maximum absolute atomic E-state index is 11.9. The lowest BCUT2D eigenvalue weighted by Gasteiger charge is -2.27. The van der Waals surface area contributed by atoms with E-state index < -0.39 is 0 Å². The van der Waals surface area contributed by atoms with Gasteiger partial charge in [0.05, 0.1) is 0 Å². The second-order valence-corrected chi connectivity index (χ2v) is 4.91. The van der Waals surface area contributed by atoms with Crippen LogP contribution in [0.25, 0.3) is 0 Å². The van der Waals surface area contributed by atoms with E-state index in [-0.39, 0.29) is 0 Å². The van der Waals surface area contributed by atoms with E-state index in [1.54, 1.807) is 0 Å². The monoisotopic (exact) mass is 196 g/mol. The van der Waals surface area contributed by atoms with Gasteiger partial charge in [-0.1, -0.05) is 6.92 Å². The van der Waals surface area contributed by atoms with Gasteiger partial charge in [0.25, 0.3) is 0 Å². The molecule has 0 radical (unpaired) electrons. The van der Waals surface area contributed by atoms with Crippen LogP contribution < -0.4 is 5.73 Å². The molecule has 0 aliphatic heterocycles. The number of nitrogens with two attached hydrogens (primary N) is 1. The number of carbonyl (C=O) groups excluding carboxylic acids is 1. The molecule has 2 fully saturated rings. The molecule has 14 heavy (non-hydrogen) atoms. The van der Waals surface area contributed by atoms with Gasteiger partial charge in [0.2, 0.25) is 5.91 Å². The van der Waals surface area contributed by atoms with E-state index in [0.717, 1.165) is 6.42 Å². The summed E-state index contributed by atoms with van der Waals surface area (Å²) >= 11 is 0. The molecule has 2 saturated carbocycles. The van der Waals surface area contributed by atoms with Gasteiger partial charge >= 0.3 is 0 Å². The first-order chi connectivity index (χ1) is 6.65. The van der Waals surface area contributed by atoms with Crippen molar-refractivity contribution in [2.24, 2.45) is 23.5 Å². The first-order valence-corrected chi connectivity index (χ1v) is 5.62. The van der Waals surface area contributed by atoms with E-state index in [1.165, 1.54) is 12.8 Å². The highest BCUT2D eigenvalue weighted by Gasteiger charge is 2.44. The summed E-state index contributed by atoms with van der Waals surface area (Å²) in [6.07, 6.45) is 3.57. The largest absolute Gasteiger partial charge is 0.341 e. The molecule has 3 nitrogen and oxygen atoms in total. The van der Waals surface area contributed by atoms with Crippen LogP contribution in [0.2, 0.25) is 0 Å². The minimum Gasteiger partial charge on any atom is -0.341 e. The summed E-state index contributed by atoms with van der Waals surface area (Å²) in [5, 5.41) is 0. The SMILES string of the molecule is CC1CC1C(=O)N(C)C(CN)C1CC1. The summed E-state index contributed by atoms with van der Waals surface area (Å²) in [5.41, 5.74) is 5.71. The Balaban J connectivity index is 1.91. The maximum Gasteiger partial charge on any atom is 0.226 e. The van der Waals surface area contributed by atoms with Gasteiger partial charge in [-0.15, -0.1) is 0 Å². The van der Waals surface area contributed by atoms with Crippen molar-refractivity contribution in [1.29, 1.82) is 0 Å². The summed E-state index contributed by atoms with van der Waals surface area (Å²) in [5.74, 6) is 1.90. The van der Waals surface area contributed by atoms with E-state index in [0.29, 0.717) is 36.2 Å². The molecule has 2 aliphatic carbocycles. The van der Waals surface area contributed by atoms with Crippen molar-refractivity contribution >= 4 is 5.91 Å². The molecular formula is C11H20N2O. The maximum atomic E-state index is 11.9. The quantitative estimate of drug-likeness (QED) is 0.724. The fourth-order valence-electron chi connectivity index (χ4n) is 2.24. The normalized spacial score (nSPS) is 32.5.